The number of hydrogen-bond donors (Lipinski definition) is 2. The first kappa shape index (κ1) is 12.1. The third kappa shape index (κ3) is 2.28. The maximum Gasteiger partial charge on any atom is 0.154 e. The van der Waals surface area contributed by atoms with Crippen molar-refractivity contribution < 1.29 is 4.74 Å². The topological polar surface area (TPSA) is 80.1 Å². The van der Waals surface area contributed by atoms with E-state index >= 15 is 0 Å². The molecule has 6 nitrogen and oxygen atoms in total. The van der Waals surface area contributed by atoms with Crippen LogP contribution in [-0.2, 0) is 4.74 Å². The first-order chi connectivity index (χ1) is 8.74. The van der Waals surface area contributed by atoms with E-state index in [-0.39, 0.29) is 6.04 Å². The molecule has 0 radical (unpaired) electrons. The number of H-pyrrole nitrogens is 1. The normalized spacial score (nSPS) is 31.0. The van der Waals surface area contributed by atoms with E-state index in [0.29, 0.717) is 12.0 Å². The maximum atomic E-state index is 5.98. The zero-order valence-electron chi connectivity index (χ0n) is 10.8. The molecule has 18 heavy (non-hydrogen) atoms. The summed E-state index contributed by atoms with van der Waals surface area (Å²) in [6, 6.07) is 0.540. The van der Waals surface area contributed by atoms with E-state index in [1.54, 1.807) is 0 Å². The number of likely N-dealkylation sites (tertiary alicyclic amines) is 1. The van der Waals surface area contributed by atoms with Crippen LogP contribution < -0.4 is 5.73 Å². The molecule has 1 aromatic rings. The second kappa shape index (κ2) is 4.95. The minimum absolute atomic E-state index is 0.247. The Balaban J connectivity index is 1.72. The third-order valence-corrected chi connectivity index (χ3v) is 4.00. The standard InChI is InChI=1S/C12H21N5O/c1-17-7-9(13)6-10(17)12-14-11(15-16-12)8-2-4-18-5-3-8/h8-10H,2-7,13H2,1H3,(H,14,15,16)/t9-,10-/m0/s1. The molecule has 6 heteroatoms. The molecule has 2 atom stereocenters. The highest BCUT2D eigenvalue weighted by molar-refractivity contribution is 5.05. The van der Waals surface area contributed by atoms with E-state index in [9.17, 15) is 0 Å². The second-order valence-corrected chi connectivity index (χ2v) is 5.42. The lowest BCUT2D eigenvalue weighted by molar-refractivity contribution is 0.0836. The van der Waals surface area contributed by atoms with Gasteiger partial charge in [0.25, 0.3) is 0 Å². The molecule has 3 heterocycles. The van der Waals surface area contributed by atoms with Crippen LogP contribution in [0.15, 0.2) is 0 Å². The summed E-state index contributed by atoms with van der Waals surface area (Å²) in [5.41, 5.74) is 5.98. The van der Waals surface area contributed by atoms with Gasteiger partial charge in [-0.05, 0) is 26.3 Å². The van der Waals surface area contributed by atoms with Gasteiger partial charge in [-0.2, -0.15) is 5.10 Å². The Labute approximate surface area is 107 Å². The fourth-order valence-corrected chi connectivity index (χ4v) is 2.93. The van der Waals surface area contributed by atoms with Crippen molar-refractivity contribution in [3.63, 3.8) is 0 Å². The summed E-state index contributed by atoms with van der Waals surface area (Å²) in [5.74, 6) is 2.36. The van der Waals surface area contributed by atoms with E-state index < -0.39 is 0 Å². The highest BCUT2D eigenvalue weighted by atomic mass is 16.5. The Kier molecular flexibility index (Phi) is 3.32. The summed E-state index contributed by atoms with van der Waals surface area (Å²) in [7, 11) is 2.09. The predicted octanol–water partition coefficient (Wildman–Crippen LogP) is 0.403. The highest BCUT2D eigenvalue weighted by Gasteiger charge is 2.31. The van der Waals surface area contributed by atoms with Crippen molar-refractivity contribution in [1.82, 2.24) is 20.1 Å². The number of likely N-dealkylation sites (N-methyl/N-ethyl adjacent to an activating group) is 1. The number of nitrogens with one attached hydrogen (secondary N) is 1. The van der Waals surface area contributed by atoms with Crippen molar-refractivity contribution in [1.29, 1.82) is 0 Å². The van der Waals surface area contributed by atoms with Gasteiger partial charge >= 0.3 is 0 Å². The van der Waals surface area contributed by atoms with Gasteiger partial charge in [0.05, 0.1) is 6.04 Å². The molecular formula is C12H21N5O. The van der Waals surface area contributed by atoms with Crippen LogP contribution in [0.1, 0.15) is 42.9 Å². The van der Waals surface area contributed by atoms with E-state index in [4.69, 9.17) is 10.5 Å². The second-order valence-electron chi connectivity index (χ2n) is 5.42. The molecule has 0 unspecified atom stereocenters. The van der Waals surface area contributed by atoms with E-state index in [1.807, 2.05) is 0 Å². The van der Waals surface area contributed by atoms with Gasteiger partial charge in [-0.25, -0.2) is 4.98 Å². The van der Waals surface area contributed by atoms with Crippen LogP contribution in [0.25, 0.3) is 0 Å². The summed E-state index contributed by atoms with van der Waals surface area (Å²) >= 11 is 0. The molecule has 0 aromatic carbocycles. The molecule has 2 saturated heterocycles. The Morgan fingerprint density at radius 2 is 2.17 bits per heavy atom. The summed E-state index contributed by atoms with van der Waals surface area (Å²) in [5, 5.41) is 7.48. The fourth-order valence-electron chi connectivity index (χ4n) is 2.93. The van der Waals surface area contributed by atoms with Crippen molar-refractivity contribution in [3.8, 4) is 0 Å². The molecule has 0 saturated carbocycles. The maximum absolute atomic E-state index is 5.98. The first-order valence-electron chi connectivity index (χ1n) is 6.70. The minimum Gasteiger partial charge on any atom is -0.381 e. The number of nitrogens with zero attached hydrogens (tertiary/aromatic N) is 3. The number of aromatic nitrogens is 3. The van der Waals surface area contributed by atoms with Crippen LogP contribution >= 0.6 is 0 Å². The van der Waals surface area contributed by atoms with Crippen LogP contribution in [0.4, 0.5) is 0 Å². The fraction of sp³-hybridized carbons (Fsp3) is 0.833. The Hall–Kier alpha value is -0.980. The van der Waals surface area contributed by atoms with Gasteiger partial charge in [-0.3, -0.25) is 10.00 Å². The van der Waals surface area contributed by atoms with Crippen molar-refractivity contribution in [3.05, 3.63) is 11.6 Å². The molecule has 100 valence electrons. The zero-order valence-corrected chi connectivity index (χ0v) is 10.8. The van der Waals surface area contributed by atoms with Crippen molar-refractivity contribution in [2.24, 2.45) is 5.73 Å². The zero-order chi connectivity index (χ0) is 12.5. The molecule has 3 rings (SSSR count). The summed E-state index contributed by atoms with van der Waals surface area (Å²) in [4.78, 5) is 6.93. The molecule has 2 aliphatic rings. The average molecular weight is 251 g/mol. The quantitative estimate of drug-likeness (QED) is 0.795. The van der Waals surface area contributed by atoms with E-state index in [1.165, 1.54) is 0 Å². The smallest absolute Gasteiger partial charge is 0.154 e. The number of aromatic amines is 1. The third-order valence-electron chi connectivity index (χ3n) is 4.00. The minimum atomic E-state index is 0.247. The van der Waals surface area contributed by atoms with Crippen LogP contribution in [-0.4, -0.2) is 52.9 Å². The lowest BCUT2D eigenvalue weighted by atomic mass is 10.00. The molecule has 0 aliphatic carbocycles. The van der Waals surface area contributed by atoms with Crippen molar-refractivity contribution >= 4 is 0 Å². The summed E-state index contributed by atoms with van der Waals surface area (Å²) in [6.07, 6.45) is 3.01. The molecular weight excluding hydrogens is 230 g/mol. The van der Waals surface area contributed by atoms with Gasteiger partial charge in [-0.15, -0.1) is 0 Å². The van der Waals surface area contributed by atoms with Crippen LogP contribution in [0.3, 0.4) is 0 Å². The molecule has 0 amide bonds. The number of rotatable bonds is 2. The summed E-state index contributed by atoms with van der Waals surface area (Å²) < 4.78 is 5.37. The highest BCUT2D eigenvalue weighted by Crippen LogP contribution is 2.29. The predicted molar refractivity (Wildman–Crippen MR) is 67.1 cm³/mol. The van der Waals surface area contributed by atoms with E-state index in [2.05, 4.69) is 27.1 Å². The van der Waals surface area contributed by atoms with Crippen LogP contribution in [0, 0.1) is 0 Å². The molecule has 0 bridgehead atoms. The Bertz CT molecular complexity index is 401. The molecule has 2 fully saturated rings. The van der Waals surface area contributed by atoms with Gasteiger partial charge in [0, 0.05) is 31.7 Å². The van der Waals surface area contributed by atoms with Crippen molar-refractivity contribution in [2.75, 3.05) is 26.8 Å². The summed E-state index contributed by atoms with van der Waals surface area (Å²) in [6.45, 7) is 2.57. The van der Waals surface area contributed by atoms with Gasteiger partial charge < -0.3 is 10.5 Å². The molecule has 0 spiro atoms. The lowest BCUT2D eigenvalue weighted by Gasteiger charge is -2.19. The molecule has 2 aliphatic heterocycles. The Morgan fingerprint density at radius 3 is 2.83 bits per heavy atom. The Morgan fingerprint density at radius 1 is 1.39 bits per heavy atom. The van der Waals surface area contributed by atoms with Crippen LogP contribution in [0.2, 0.25) is 0 Å². The lowest BCUT2D eigenvalue weighted by Crippen LogP contribution is -2.24. The largest absolute Gasteiger partial charge is 0.381 e. The first-order valence-corrected chi connectivity index (χ1v) is 6.70. The average Bonchev–Trinajstić information content (AvgIpc) is 2.97. The molecule has 3 N–H and O–H groups in total. The molecule has 1 aromatic heterocycles. The monoisotopic (exact) mass is 251 g/mol. The number of hydrogen-bond acceptors (Lipinski definition) is 5. The van der Waals surface area contributed by atoms with Crippen LogP contribution in [0.5, 0.6) is 0 Å². The van der Waals surface area contributed by atoms with Gasteiger partial charge in [0.2, 0.25) is 0 Å². The van der Waals surface area contributed by atoms with Gasteiger partial charge in [0.1, 0.15) is 5.82 Å². The van der Waals surface area contributed by atoms with E-state index in [0.717, 1.165) is 50.7 Å². The number of ether oxygens (including phenoxy) is 1. The van der Waals surface area contributed by atoms with Gasteiger partial charge in [0.15, 0.2) is 5.82 Å². The van der Waals surface area contributed by atoms with Crippen molar-refractivity contribution in [2.45, 2.75) is 37.3 Å². The van der Waals surface area contributed by atoms with Gasteiger partial charge in [-0.1, -0.05) is 0 Å². The SMILES string of the molecule is CN1C[C@@H](N)C[C@H]1c1nc(C2CCOCC2)n[nH]1. The number of nitrogens with two attached hydrogens (primary N) is 1.